The molecule has 0 radical (unpaired) electrons. The van der Waals surface area contributed by atoms with Crippen LogP contribution in [0.2, 0.25) is 0 Å². The molecule has 1 fully saturated rings. The largest absolute Gasteiger partial charge is 0.493 e. The molecular weight excluding hydrogens is 290 g/mol. The first-order valence-electron chi connectivity index (χ1n) is 7.97. The molecule has 2 heterocycles. The van der Waals surface area contributed by atoms with Crippen molar-refractivity contribution in [1.29, 1.82) is 0 Å². The fourth-order valence-electron chi connectivity index (χ4n) is 2.88. The average Bonchev–Trinajstić information content (AvgIpc) is 2.60. The van der Waals surface area contributed by atoms with Gasteiger partial charge >= 0.3 is 0 Å². The van der Waals surface area contributed by atoms with Crippen molar-refractivity contribution in [1.82, 2.24) is 14.9 Å². The Hall–Kier alpha value is -2.43. The highest BCUT2D eigenvalue weighted by atomic mass is 16.5. The number of nitrogens with zero attached hydrogens (tertiary/aromatic N) is 3. The van der Waals surface area contributed by atoms with Gasteiger partial charge in [-0.25, -0.2) is 4.98 Å². The molecule has 1 unspecified atom stereocenters. The first-order chi connectivity index (χ1) is 11.2. The van der Waals surface area contributed by atoms with Crippen LogP contribution in [-0.4, -0.2) is 40.5 Å². The van der Waals surface area contributed by atoms with E-state index in [0.29, 0.717) is 24.8 Å². The first kappa shape index (κ1) is 15.5. The number of aromatic nitrogens is 2. The van der Waals surface area contributed by atoms with Crippen molar-refractivity contribution < 1.29 is 9.53 Å². The molecule has 5 heteroatoms. The van der Waals surface area contributed by atoms with E-state index in [4.69, 9.17) is 4.74 Å². The van der Waals surface area contributed by atoms with E-state index >= 15 is 0 Å². The smallest absolute Gasteiger partial charge is 0.274 e. The summed E-state index contributed by atoms with van der Waals surface area (Å²) in [5.74, 6) is 1.20. The van der Waals surface area contributed by atoms with Crippen LogP contribution in [0.4, 0.5) is 0 Å². The Balaban J connectivity index is 1.57. The number of carbonyl (C=O) groups is 1. The van der Waals surface area contributed by atoms with Gasteiger partial charge in [0.2, 0.25) is 0 Å². The molecular formula is C18H21N3O2. The topological polar surface area (TPSA) is 55.3 Å². The van der Waals surface area contributed by atoms with Crippen LogP contribution in [0, 0.1) is 12.8 Å². The monoisotopic (exact) mass is 311 g/mol. The highest BCUT2D eigenvalue weighted by Gasteiger charge is 2.25. The van der Waals surface area contributed by atoms with E-state index in [-0.39, 0.29) is 5.91 Å². The van der Waals surface area contributed by atoms with E-state index in [1.807, 2.05) is 23.1 Å². The summed E-state index contributed by atoms with van der Waals surface area (Å²) in [7, 11) is 0. The molecule has 0 aliphatic carbocycles. The van der Waals surface area contributed by atoms with Gasteiger partial charge in [0, 0.05) is 31.4 Å². The van der Waals surface area contributed by atoms with E-state index < -0.39 is 0 Å². The van der Waals surface area contributed by atoms with Gasteiger partial charge in [0.1, 0.15) is 11.4 Å². The second-order valence-corrected chi connectivity index (χ2v) is 5.98. The fourth-order valence-corrected chi connectivity index (χ4v) is 2.88. The van der Waals surface area contributed by atoms with Gasteiger partial charge in [-0.3, -0.25) is 9.78 Å². The summed E-state index contributed by atoms with van der Waals surface area (Å²) < 4.78 is 5.89. The number of ether oxygens (including phenoxy) is 1. The Morgan fingerprint density at radius 3 is 3.09 bits per heavy atom. The third-order valence-electron chi connectivity index (χ3n) is 4.06. The van der Waals surface area contributed by atoms with Gasteiger partial charge in [-0.15, -0.1) is 0 Å². The number of hydrogen-bond acceptors (Lipinski definition) is 4. The van der Waals surface area contributed by atoms with Crippen LogP contribution >= 0.6 is 0 Å². The molecule has 23 heavy (non-hydrogen) atoms. The van der Waals surface area contributed by atoms with Crippen molar-refractivity contribution in [3.63, 3.8) is 0 Å². The molecule has 0 N–H and O–H groups in total. The Kier molecular flexibility index (Phi) is 4.86. The minimum atomic E-state index is -0.0432. The Bertz CT molecular complexity index is 660. The number of carbonyl (C=O) groups excluding carboxylic acids is 1. The maximum atomic E-state index is 12.4. The van der Waals surface area contributed by atoms with Gasteiger partial charge in [0.15, 0.2) is 0 Å². The Labute approximate surface area is 136 Å². The van der Waals surface area contributed by atoms with Crippen molar-refractivity contribution in [2.45, 2.75) is 19.8 Å². The second-order valence-electron chi connectivity index (χ2n) is 5.98. The SMILES string of the molecule is Cc1cccc(OCC2CCCN(C(=O)c3cnccn3)C2)c1. The summed E-state index contributed by atoms with van der Waals surface area (Å²) in [6.07, 6.45) is 6.72. The maximum absolute atomic E-state index is 12.4. The average molecular weight is 311 g/mol. The van der Waals surface area contributed by atoms with Crippen molar-refractivity contribution >= 4 is 5.91 Å². The minimum Gasteiger partial charge on any atom is -0.493 e. The number of rotatable bonds is 4. The molecule has 5 nitrogen and oxygen atoms in total. The summed E-state index contributed by atoms with van der Waals surface area (Å²) in [6, 6.07) is 8.05. The standard InChI is InChI=1S/C18H21N3O2/c1-14-4-2-6-16(10-14)23-13-15-5-3-9-21(12-15)18(22)17-11-19-7-8-20-17/h2,4,6-8,10-11,15H,3,5,9,12-13H2,1H3. The lowest BCUT2D eigenvalue weighted by atomic mass is 9.98. The van der Waals surface area contributed by atoms with E-state index in [9.17, 15) is 4.79 Å². The molecule has 1 aromatic heterocycles. The van der Waals surface area contributed by atoms with Gasteiger partial charge in [-0.1, -0.05) is 12.1 Å². The number of benzene rings is 1. The quantitative estimate of drug-likeness (QED) is 0.871. The molecule has 1 aliphatic rings. The van der Waals surface area contributed by atoms with Crippen LogP contribution in [0.5, 0.6) is 5.75 Å². The van der Waals surface area contributed by atoms with Gasteiger partial charge in [0.05, 0.1) is 12.8 Å². The second kappa shape index (κ2) is 7.22. The fraction of sp³-hybridized carbons (Fsp3) is 0.389. The maximum Gasteiger partial charge on any atom is 0.274 e. The number of piperidine rings is 1. The molecule has 2 aromatic rings. The van der Waals surface area contributed by atoms with E-state index in [1.165, 1.54) is 11.8 Å². The highest BCUT2D eigenvalue weighted by Crippen LogP contribution is 2.20. The Morgan fingerprint density at radius 1 is 1.39 bits per heavy atom. The van der Waals surface area contributed by atoms with Gasteiger partial charge in [0.25, 0.3) is 5.91 Å². The molecule has 1 saturated heterocycles. The molecule has 0 saturated carbocycles. The molecule has 1 atom stereocenters. The summed E-state index contributed by atoms with van der Waals surface area (Å²) in [6.45, 7) is 4.17. The molecule has 3 rings (SSSR count). The predicted molar refractivity (Wildman–Crippen MR) is 87.3 cm³/mol. The zero-order valence-electron chi connectivity index (χ0n) is 13.3. The minimum absolute atomic E-state index is 0.0432. The summed E-state index contributed by atoms with van der Waals surface area (Å²) in [5.41, 5.74) is 1.60. The van der Waals surface area contributed by atoms with Crippen molar-refractivity contribution in [2.75, 3.05) is 19.7 Å². The summed E-state index contributed by atoms with van der Waals surface area (Å²) >= 11 is 0. The normalized spacial score (nSPS) is 17.8. The number of likely N-dealkylation sites (tertiary alicyclic amines) is 1. The van der Waals surface area contributed by atoms with Crippen LogP contribution in [-0.2, 0) is 0 Å². The molecule has 1 amide bonds. The zero-order chi connectivity index (χ0) is 16.1. The third-order valence-corrected chi connectivity index (χ3v) is 4.06. The van der Waals surface area contributed by atoms with Gasteiger partial charge < -0.3 is 9.64 Å². The molecule has 120 valence electrons. The van der Waals surface area contributed by atoms with E-state index in [1.54, 1.807) is 12.4 Å². The zero-order valence-corrected chi connectivity index (χ0v) is 13.3. The van der Waals surface area contributed by atoms with Crippen LogP contribution in [0.15, 0.2) is 42.9 Å². The molecule has 0 bridgehead atoms. The van der Waals surface area contributed by atoms with Crippen LogP contribution in [0.3, 0.4) is 0 Å². The van der Waals surface area contributed by atoms with E-state index in [2.05, 4.69) is 23.0 Å². The lowest BCUT2D eigenvalue weighted by molar-refractivity contribution is 0.0627. The summed E-state index contributed by atoms with van der Waals surface area (Å²) in [5, 5.41) is 0. The van der Waals surface area contributed by atoms with Gasteiger partial charge in [-0.2, -0.15) is 0 Å². The first-order valence-corrected chi connectivity index (χ1v) is 7.97. The highest BCUT2D eigenvalue weighted by molar-refractivity contribution is 5.92. The van der Waals surface area contributed by atoms with Gasteiger partial charge in [-0.05, 0) is 37.5 Å². The van der Waals surface area contributed by atoms with Crippen LogP contribution in [0.1, 0.15) is 28.9 Å². The molecule has 1 aliphatic heterocycles. The summed E-state index contributed by atoms with van der Waals surface area (Å²) in [4.78, 5) is 22.4. The van der Waals surface area contributed by atoms with Crippen molar-refractivity contribution in [3.8, 4) is 5.75 Å². The molecule has 1 aromatic carbocycles. The van der Waals surface area contributed by atoms with Crippen molar-refractivity contribution in [3.05, 3.63) is 54.1 Å². The van der Waals surface area contributed by atoms with E-state index in [0.717, 1.165) is 25.1 Å². The van der Waals surface area contributed by atoms with Crippen LogP contribution < -0.4 is 4.74 Å². The predicted octanol–water partition coefficient (Wildman–Crippen LogP) is 2.72. The number of hydrogen-bond donors (Lipinski definition) is 0. The number of amides is 1. The third kappa shape index (κ3) is 4.06. The molecule has 0 spiro atoms. The van der Waals surface area contributed by atoms with Crippen LogP contribution in [0.25, 0.3) is 0 Å². The lowest BCUT2D eigenvalue weighted by Crippen LogP contribution is -2.41. The Morgan fingerprint density at radius 2 is 2.30 bits per heavy atom. The number of aryl methyl sites for hydroxylation is 1. The van der Waals surface area contributed by atoms with Crippen molar-refractivity contribution in [2.24, 2.45) is 5.92 Å². The lowest BCUT2D eigenvalue weighted by Gasteiger charge is -2.32.